The van der Waals surface area contributed by atoms with Crippen LogP contribution in [0.1, 0.15) is 18.1 Å². The van der Waals surface area contributed by atoms with E-state index in [9.17, 15) is 0 Å². The highest BCUT2D eigenvalue weighted by molar-refractivity contribution is 6.19. The first-order valence-corrected chi connectivity index (χ1v) is 10.8. The maximum absolute atomic E-state index is 2.46. The summed E-state index contributed by atoms with van der Waals surface area (Å²) in [7, 11) is 0. The summed E-state index contributed by atoms with van der Waals surface area (Å²) < 4.78 is 2.46. The van der Waals surface area contributed by atoms with Crippen molar-refractivity contribution in [2.75, 3.05) is 0 Å². The van der Waals surface area contributed by atoms with Crippen LogP contribution in [0, 0.1) is 0 Å². The van der Waals surface area contributed by atoms with Crippen molar-refractivity contribution in [3.63, 3.8) is 0 Å². The molecule has 0 atom stereocenters. The van der Waals surface area contributed by atoms with Gasteiger partial charge in [-0.15, -0.1) is 0 Å². The van der Waals surface area contributed by atoms with E-state index >= 15 is 0 Å². The van der Waals surface area contributed by atoms with Gasteiger partial charge in [-0.2, -0.15) is 0 Å². The largest absolute Gasteiger partial charge is 0.341 e. The molecule has 1 aromatic heterocycles. The van der Waals surface area contributed by atoms with Gasteiger partial charge in [0.2, 0.25) is 0 Å². The van der Waals surface area contributed by atoms with Crippen LogP contribution in [0.3, 0.4) is 0 Å². The molecule has 0 amide bonds. The van der Waals surface area contributed by atoms with Crippen molar-refractivity contribution in [3.8, 4) is 11.1 Å². The van der Waals surface area contributed by atoms with Crippen LogP contribution < -0.4 is 0 Å². The van der Waals surface area contributed by atoms with Crippen LogP contribution in [-0.4, -0.2) is 4.57 Å². The molecule has 1 heterocycles. The van der Waals surface area contributed by atoms with Crippen LogP contribution in [-0.2, 0) is 13.0 Å². The Hall–Kier alpha value is -3.58. The first-order valence-electron chi connectivity index (χ1n) is 10.8. The topological polar surface area (TPSA) is 4.93 Å². The first-order chi connectivity index (χ1) is 14.8. The first kappa shape index (κ1) is 16.2. The van der Waals surface area contributed by atoms with Gasteiger partial charge in [-0.05, 0) is 75.3 Å². The number of hydrogen-bond donors (Lipinski definition) is 0. The molecular weight excluding hydrogens is 362 g/mol. The molecular formula is C29H21N. The summed E-state index contributed by atoms with van der Waals surface area (Å²) in [6, 6.07) is 31.6. The molecule has 30 heavy (non-hydrogen) atoms. The number of benzene rings is 5. The van der Waals surface area contributed by atoms with Gasteiger partial charge in [0.1, 0.15) is 0 Å². The number of para-hydroxylation sites is 1. The highest BCUT2D eigenvalue weighted by Gasteiger charge is 2.25. The Balaban J connectivity index is 1.67. The van der Waals surface area contributed by atoms with E-state index in [1.807, 2.05) is 0 Å². The molecule has 0 saturated heterocycles. The number of rotatable bonds is 1. The van der Waals surface area contributed by atoms with Gasteiger partial charge >= 0.3 is 0 Å². The number of aryl methyl sites for hydroxylation is 1. The number of fused-ring (bicyclic) bond motifs is 11. The van der Waals surface area contributed by atoms with E-state index in [1.165, 1.54) is 65.6 Å². The van der Waals surface area contributed by atoms with E-state index in [1.54, 1.807) is 0 Å². The average molecular weight is 383 g/mol. The minimum absolute atomic E-state index is 0.980. The van der Waals surface area contributed by atoms with Gasteiger partial charge < -0.3 is 4.57 Å². The highest BCUT2D eigenvalue weighted by atomic mass is 15.0. The second-order valence-electron chi connectivity index (χ2n) is 8.41. The quantitative estimate of drug-likeness (QED) is 0.256. The molecule has 1 nitrogen and oxygen atoms in total. The number of hydrogen-bond acceptors (Lipinski definition) is 0. The second-order valence-corrected chi connectivity index (χ2v) is 8.41. The predicted octanol–water partition coefficient (Wildman–Crippen LogP) is 7.69. The van der Waals surface area contributed by atoms with Crippen molar-refractivity contribution in [1.82, 2.24) is 4.57 Å². The predicted molar refractivity (Wildman–Crippen MR) is 128 cm³/mol. The van der Waals surface area contributed by atoms with Gasteiger partial charge in [-0.3, -0.25) is 0 Å². The zero-order valence-electron chi connectivity index (χ0n) is 16.9. The summed E-state index contributed by atoms with van der Waals surface area (Å²) >= 11 is 0. The minimum atomic E-state index is 0.980. The summed E-state index contributed by atoms with van der Waals surface area (Å²) in [6.07, 6.45) is 1.01. The van der Waals surface area contributed by atoms with Crippen LogP contribution in [0.2, 0.25) is 0 Å². The maximum atomic E-state index is 2.46. The van der Waals surface area contributed by atoms with Crippen LogP contribution in [0.4, 0.5) is 0 Å². The third-order valence-electron chi connectivity index (χ3n) is 6.99. The van der Waals surface area contributed by atoms with Crippen LogP contribution in [0.25, 0.3) is 54.5 Å². The Morgan fingerprint density at radius 3 is 2.03 bits per heavy atom. The van der Waals surface area contributed by atoms with Crippen LogP contribution in [0.5, 0.6) is 0 Å². The number of nitrogens with zero attached hydrogens (tertiary/aromatic N) is 1. The minimum Gasteiger partial charge on any atom is -0.341 e. The molecule has 0 spiro atoms. The second kappa shape index (κ2) is 5.73. The Morgan fingerprint density at radius 1 is 0.633 bits per heavy atom. The lowest BCUT2D eigenvalue weighted by molar-refractivity contribution is 0.827. The van der Waals surface area contributed by atoms with E-state index in [0.29, 0.717) is 0 Å². The Morgan fingerprint density at radius 2 is 1.27 bits per heavy atom. The highest BCUT2D eigenvalue weighted by Crippen LogP contribution is 2.47. The summed E-state index contributed by atoms with van der Waals surface area (Å²) in [5.74, 6) is 0. The smallest absolute Gasteiger partial charge is 0.0497 e. The molecule has 0 fully saturated rings. The summed E-state index contributed by atoms with van der Waals surface area (Å²) in [4.78, 5) is 0. The molecule has 0 unspecified atom stereocenters. The van der Waals surface area contributed by atoms with Crippen molar-refractivity contribution < 1.29 is 0 Å². The van der Waals surface area contributed by atoms with E-state index in [0.717, 1.165) is 13.0 Å². The monoisotopic (exact) mass is 383 g/mol. The normalized spacial score (nSPS) is 12.8. The molecule has 0 bridgehead atoms. The van der Waals surface area contributed by atoms with E-state index < -0.39 is 0 Å². The molecule has 0 saturated carbocycles. The van der Waals surface area contributed by atoms with Gasteiger partial charge in [-0.1, -0.05) is 66.7 Å². The molecule has 0 aliphatic heterocycles. The van der Waals surface area contributed by atoms with E-state index in [4.69, 9.17) is 0 Å². The lowest BCUT2D eigenvalue weighted by Gasteiger charge is -2.12. The SMILES string of the molecule is CCn1c2ccccc2c2cc3c(cc21)-c1c(c2ccccc2c2ccccc12)C3. The van der Waals surface area contributed by atoms with Gasteiger partial charge in [0, 0.05) is 28.4 Å². The van der Waals surface area contributed by atoms with Crippen molar-refractivity contribution in [1.29, 1.82) is 0 Å². The molecule has 6 aromatic rings. The van der Waals surface area contributed by atoms with Crippen molar-refractivity contribution in [2.24, 2.45) is 0 Å². The summed E-state index contributed by atoms with van der Waals surface area (Å²) in [6.45, 7) is 3.23. The molecule has 0 N–H and O–H groups in total. The zero-order chi connectivity index (χ0) is 19.8. The lowest BCUT2D eigenvalue weighted by atomic mass is 9.91. The molecule has 1 aliphatic carbocycles. The zero-order valence-corrected chi connectivity index (χ0v) is 16.9. The fraction of sp³-hybridized carbons (Fsp3) is 0.103. The molecule has 1 heteroatoms. The van der Waals surface area contributed by atoms with Crippen molar-refractivity contribution >= 4 is 43.4 Å². The van der Waals surface area contributed by atoms with Crippen LogP contribution in [0.15, 0.2) is 84.9 Å². The molecule has 1 aliphatic rings. The molecule has 142 valence electrons. The standard InChI is InChI=1S/C29H21N/c1-2-30-27-14-8-7-12-22(27)25-15-18-16-26-21-11-4-3-9-19(21)20-10-5-6-13-23(20)29(26)24(18)17-28(25)30/h3-15,17H,2,16H2,1H3. The molecule has 5 aromatic carbocycles. The van der Waals surface area contributed by atoms with Gasteiger partial charge in [0.25, 0.3) is 0 Å². The van der Waals surface area contributed by atoms with Crippen LogP contribution >= 0.6 is 0 Å². The van der Waals surface area contributed by atoms with Gasteiger partial charge in [0.15, 0.2) is 0 Å². The maximum Gasteiger partial charge on any atom is 0.0497 e. The lowest BCUT2D eigenvalue weighted by Crippen LogP contribution is -1.93. The summed E-state index contributed by atoms with van der Waals surface area (Å²) in [5, 5.41) is 8.25. The summed E-state index contributed by atoms with van der Waals surface area (Å²) in [5.41, 5.74) is 8.48. The van der Waals surface area contributed by atoms with E-state index in [2.05, 4.69) is 96.4 Å². The Labute approximate surface area is 175 Å². The van der Waals surface area contributed by atoms with Crippen molar-refractivity contribution in [3.05, 3.63) is 96.1 Å². The van der Waals surface area contributed by atoms with Gasteiger partial charge in [0.05, 0.1) is 0 Å². The van der Waals surface area contributed by atoms with Gasteiger partial charge in [-0.25, -0.2) is 0 Å². The third kappa shape index (κ3) is 1.92. The fourth-order valence-electron chi connectivity index (χ4n) is 5.75. The fourth-order valence-corrected chi connectivity index (χ4v) is 5.75. The third-order valence-corrected chi connectivity index (χ3v) is 6.99. The van der Waals surface area contributed by atoms with E-state index in [-0.39, 0.29) is 0 Å². The van der Waals surface area contributed by atoms with Crippen molar-refractivity contribution in [2.45, 2.75) is 19.9 Å². The number of aromatic nitrogens is 1. The average Bonchev–Trinajstić information content (AvgIpc) is 3.33. The Bertz CT molecular complexity index is 1650. The molecule has 7 rings (SSSR count). The molecule has 0 radical (unpaired) electrons. The Kier molecular flexibility index (Phi) is 3.10.